The summed E-state index contributed by atoms with van der Waals surface area (Å²) in [4.78, 5) is 9.15. The molecule has 0 bridgehead atoms. The number of methoxy groups -OCH3 is 2. The lowest BCUT2D eigenvalue weighted by atomic mass is 10.2. The minimum atomic E-state index is 0.617. The third-order valence-corrected chi connectivity index (χ3v) is 5.62. The van der Waals surface area contributed by atoms with Gasteiger partial charge in [-0.3, -0.25) is 4.99 Å². The van der Waals surface area contributed by atoms with E-state index >= 15 is 0 Å². The van der Waals surface area contributed by atoms with Crippen molar-refractivity contribution in [2.24, 2.45) is 4.99 Å². The van der Waals surface area contributed by atoms with E-state index < -0.39 is 0 Å². The largest absolute Gasteiger partial charge is 0.497 e. The van der Waals surface area contributed by atoms with Crippen LogP contribution in [-0.2, 0) is 6.54 Å². The normalized spacial score (nSPS) is 14.4. The Morgan fingerprint density at radius 1 is 0.938 bits per heavy atom. The number of anilines is 1. The molecule has 8 nitrogen and oxygen atoms in total. The molecule has 0 amide bonds. The number of nitrogens with zero attached hydrogens (tertiary/aromatic N) is 5. The fourth-order valence-electron chi connectivity index (χ4n) is 3.82. The standard InChI is InChI=1S/C24H30N6O2/c1-25-24(29-15-13-28(14-16-29)21-5-4-6-23(17-21)32-3)26-18-19-11-12-30(27-19)20-7-9-22(31-2)10-8-20/h4-12,17H,13-16,18H2,1-3H3,(H,25,26). The van der Waals surface area contributed by atoms with Gasteiger partial charge in [-0.1, -0.05) is 6.07 Å². The zero-order chi connectivity index (χ0) is 22.3. The molecule has 4 rings (SSSR count). The number of ether oxygens (including phenoxy) is 2. The molecule has 8 heteroatoms. The predicted octanol–water partition coefficient (Wildman–Crippen LogP) is 2.79. The zero-order valence-corrected chi connectivity index (χ0v) is 18.9. The summed E-state index contributed by atoms with van der Waals surface area (Å²) < 4.78 is 12.4. The fourth-order valence-corrected chi connectivity index (χ4v) is 3.82. The molecule has 168 valence electrons. The minimum Gasteiger partial charge on any atom is -0.497 e. The van der Waals surface area contributed by atoms with Gasteiger partial charge in [0, 0.05) is 51.2 Å². The van der Waals surface area contributed by atoms with Crippen LogP contribution in [0.25, 0.3) is 5.69 Å². The summed E-state index contributed by atoms with van der Waals surface area (Å²) >= 11 is 0. The lowest BCUT2D eigenvalue weighted by Crippen LogP contribution is -2.52. The van der Waals surface area contributed by atoms with Gasteiger partial charge in [-0.25, -0.2) is 4.68 Å². The Kier molecular flexibility index (Phi) is 6.79. The van der Waals surface area contributed by atoms with Gasteiger partial charge in [-0.2, -0.15) is 5.10 Å². The first-order chi connectivity index (χ1) is 15.7. The third kappa shape index (κ3) is 4.96. The van der Waals surface area contributed by atoms with Crippen LogP contribution in [0.3, 0.4) is 0 Å². The van der Waals surface area contributed by atoms with Crippen LogP contribution in [0, 0.1) is 0 Å². The van der Waals surface area contributed by atoms with Crippen molar-refractivity contribution in [2.45, 2.75) is 6.54 Å². The Morgan fingerprint density at radius 3 is 2.38 bits per heavy atom. The first-order valence-electron chi connectivity index (χ1n) is 10.7. The van der Waals surface area contributed by atoms with Gasteiger partial charge in [-0.15, -0.1) is 0 Å². The van der Waals surface area contributed by atoms with Crippen LogP contribution in [0.1, 0.15) is 5.69 Å². The maximum absolute atomic E-state index is 5.36. The SMILES string of the molecule is CN=C(NCc1ccn(-c2ccc(OC)cc2)n1)N1CCN(c2cccc(OC)c2)CC1. The molecule has 1 N–H and O–H groups in total. The van der Waals surface area contributed by atoms with Gasteiger partial charge >= 0.3 is 0 Å². The molecular weight excluding hydrogens is 404 g/mol. The van der Waals surface area contributed by atoms with E-state index in [0.29, 0.717) is 6.54 Å². The van der Waals surface area contributed by atoms with Gasteiger partial charge in [0.25, 0.3) is 0 Å². The molecule has 0 atom stereocenters. The molecule has 0 saturated carbocycles. The first kappa shape index (κ1) is 21.5. The average molecular weight is 435 g/mol. The van der Waals surface area contributed by atoms with Crippen molar-refractivity contribution in [1.82, 2.24) is 20.0 Å². The predicted molar refractivity (Wildman–Crippen MR) is 127 cm³/mol. The van der Waals surface area contributed by atoms with Gasteiger partial charge in [0.15, 0.2) is 5.96 Å². The molecule has 0 aliphatic carbocycles. The second kappa shape index (κ2) is 10.1. The number of piperazine rings is 1. The number of nitrogens with one attached hydrogen (secondary N) is 1. The number of benzene rings is 2. The maximum atomic E-state index is 5.36. The molecule has 2 aromatic carbocycles. The van der Waals surface area contributed by atoms with Gasteiger partial charge in [0.05, 0.1) is 32.1 Å². The Hall–Kier alpha value is -3.68. The lowest BCUT2D eigenvalue weighted by Gasteiger charge is -2.37. The Balaban J connectivity index is 1.31. The molecule has 1 fully saturated rings. The van der Waals surface area contributed by atoms with Crippen LogP contribution in [0.4, 0.5) is 5.69 Å². The van der Waals surface area contributed by atoms with Crippen molar-refractivity contribution in [3.8, 4) is 17.2 Å². The molecule has 0 spiro atoms. The third-order valence-electron chi connectivity index (χ3n) is 5.62. The van der Waals surface area contributed by atoms with Gasteiger partial charge in [0.2, 0.25) is 0 Å². The van der Waals surface area contributed by atoms with E-state index in [-0.39, 0.29) is 0 Å². The van der Waals surface area contributed by atoms with Crippen LogP contribution in [0.2, 0.25) is 0 Å². The molecule has 0 unspecified atom stereocenters. The van der Waals surface area contributed by atoms with Crippen molar-refractivity contribution >= 4 is 11.6 Å². The summed E-state index contributed by atoms with van der Waals surface area (Å²) in [5, 5.41) is 8.13. The van der Waals surface area contributed by atoms with E-state index in [9.17, 15) is 0 Å². The number of guanidine groups is 1. The molecule has 32 heavy (non-hydrogen) atoms. The fraction of sp³-hybridized carbons (Fsp3) is 0.333. The Labute approximate surface area is 189 Å². The lowest BCUT2D eigenvalue weighted by molar-refractivity contribution is 0.371. The number of aromatic nitrogens is 2. The summed E-state index contributed by atoms with van der Waals surface area (Å²) in [5.74, 6) is 2.61. The van der Waals surface area contributed by atoms with E-state index in [1.165, 1.54) is 5.69 Å². The van der Waals surface area contributed by atoms with Crippen LogP contribution < -0.4 is 19.7 Å². The van der Waals surface area contributed by atoms with Crippen LogP contribution in [0.15, 0.2) is 65.8 Å². The smallest absolute Gasteiger partial charge is 0.194 e. The first-order valence-corrected chi connectivity index (χ1v) is 10.7. The summed E-state index contributed by atoms with van der Waals surface area (Å²) in [6, 6.07) is 18.1. The van der Waals surface area contributed by atoms with E-state index in [0.717, 1.165) is 55.0 Å². The van der Waals surface area contributed by atoms with E-state index in [2.05, 4.69) is 37.3 Å². The molecule has 1 aliphatic rings. The van der Waals surface area contributed by atoms with Crippen molar-refractivity contribution in [3.05, 3.63) is 66.5 Å². The van der Waals surface area contributed by atoms with E-state index in [1.807, 2.05) is 60.4 Å². The molecule has 3 aromatic rings. The molecule has 1 aliphatic heterocycles. The van der Waals surface area contributed by atoms with Crippen molar-refractivity contribution < 1.29 is 9.47 Å². The number of hydrogen-bond acceptors (Lipinski definition) is 5. The molecule has 1 aromatic heterocycles. The van der Waals surface area contributed by atoms with Crippen molar-refractivity contribution in [2.75, 3.05) is 52.3 Å². The van der Waals surface area contributed by atoms with Crippen LogP contribution in [0.5, 0.6) is 11.5 Å². The minimum absolute atomic E-state index is 0.617. The van der Waals surface area contributed by atoms with E-state index in [4.69, 9.17) is 9.47 Å². The van der Waals surface area contributed by atoms with E-state index in [1.54, 1.807) is 14.2 Å². The Morgan fingerprint density at radius 2 is 1.69 bits per heavy atom. The molecule has 2 heterocycles. The highest BCUT2D eigenvalue weighted by Gasteiger charge is 2.20. The number of hydrogen-bond donors (Lipinski definition) is 1. The molecule has 1 saturated heterocycles. The number of aliphatic imine (C=N–C) groups is 1. The number of rotatable bonds is 6. The zero-order valence-electron chi connectivity index (χ0n) is 18.9. The molecule has 0 radical (unpaired) electrons. The maximum Gasteiger partial charge on any atom is 0.194 e. The van der Waals surface area contributed by atoms with Crippen LogP contribution >= 0.6 is 0 Å². The summed E-state index contributed by atoms with van der Waals surface area (Å²) in [5.41, 5.74) is 3.14. The van der Waals surface area contributed by atoms with Crippen molar-refractivity contribution in [3.63, 3.8) is 0 Å². The monoisotopic (exact) mass is 434 g/mol. The average Bonchev–Trinajstić information content (AvgIpc) is 3.34. The quantitative estimate of drug-likeness (QED) is 0.475. The second-order valence-corrected chi connectivity index (χ2v) is 7.53. The summed E-state index contributed by atoms with van der Waals surface area (Å²) in [7, 11) is 5.19. The second-order valence-electron chi connectivity index (χ2n) is 7.53. The summed E-state index contributed by atoms with van der Waals surface area (Å²) in [6.45, 7) is 4.28. The van der Waals surface area contributed by atoms with Crippen molar-refractivity contribution in [1.29, 1.82) is 0 Å². The van der Waals surface area contributed by atoms with Gasteiger partial charge in [-0.05, 0) is 42.5 Å². The summed E-state index contributed by atoms with van der Waals surface area (Å²) in [6.07, 6.45) is 1.97. The van der Waals surface area contributed by atoms with Gasteiger partial charge < -0.3 is 24.6 Å². The van der Waals surface area contributed by atoms with Gasteiger partial charge in [0.1, 0.15) is 11.5 Å². The topological polar surface area (TPSA) is 67.2 Å². The van der Waals surface area contributed by atoms with Crippen LogP contribution in [-0.4, -0.2) is 68.1 Å². The highest BCUT2D eigenvalue weighted by atomic mass is 16.5. The highest BCUT2D eigenvalue weighted by molar-refractivity contribution is 5.80. The Bertz CT molecular complexity index is 1040. The highest BCUT2D eigenvalue weighted by Crippen LogP contribution is 2.22. The molecular formula is C24H30N6O2.